The van der Waals surface area contributed by atoms with Gasteiger partial charge in [0.05, 0.1) is 21.8 Å². The van der Waals surface area contributed by atoms with E-state index in [1.165, 1.54) is 0 Å². The van der Waals surface area contributed by atoms with Crippen LogP contribution in [0, 0.1) is 4.91 Å². The molecule has 36 heavy (non-hydrogen) atoms. The predicted octanol–water partition coefficient (Wildman–Crippen LogP) is 8.90. The first-order chi connectivity index (χ1) is 17.8. The second-order valence-electron chi connectivity index (χ2n) is 8.98. The van der Waals surface area contributed by atoms with Crippen molar-refractivity contribution in [2.45, 2.75) is 0 Å². The fourth-order valence-electron chi connectivity index (χ4n) is 5.42. The third-order valence-corrected chi connectivity index (χ3v) is 7.00. The van der Waals surface area contributed by atoms with Gasteiger partial charge in [0.1, 0.15) is 0 Å². The van der Waals surface area contributed by atoms with Crippen LogP contribution < -0.4 is 0 Å². The Morgan fingerprint density at radius 3 is 2.06 bits per heavy atom. The van der Waals surface area contributed by atoms with Crippen LogP contribution in [-0.4, -0.2) is 9.66 Å². The van der Waals surface area contributed by atoms with E-state index in [1.54, 1.807) is 4.68 Å². The second-order valence-corrected chi connectivity index (χ2v) is 8.98. The Balaban J connectivity index is 1.87. The Hall–Kier alpha value is -4.96. The minimum Gasteiger partial charge on any atom is -0.353 e. The van der Waals surface area contributed by atoms with E-state index < -0.39 is 0 Å². The number of nitrogens with zero attached hydrogens (tertiary/aromatic N) is 2. The molecular weight excluding hydrogens is 442 g/mol. The molecule has 1 aromatic heterocycles. The van der Waals surface area contributed by atoms with Crippen molar-refractivity contribution in [2.75, 3.05) is 0 Å². The molecule has 1 N–H and O–H groups in total. The summed E-state index contributed by atoms with van der Waals surface area (Å²) in [5, 5.41) is 9.82. The number of hydrogen-bond acceptors (Lipinski definition) is 2. The molecule has 0 atom stereocenters. The van der Waals surface area contributed by atoms with Gasteiger partial charge in [-0.05, 0) is 45.5 Å². The van der Waals surface area contributed by atoms with Gasteiger partial charge in [-0.1, -0.05) is 103 Å². The molecule has 0 amide bonds. The molecule has 0 aliphatic heterocycles. The van der Waals surface area contributed by atoms with Crippen molar-refractivity contribution in [3.8, 4) is 11.1 Å². The molecule has 0 saturated carbocycles. The van der Waals surface area contributed by atoms with Crippen molar-refractivity contribution in [1.29, 1.82) is 0 Å². The molecule has 4 nitrogen and oxygen atoms in total. The largest absolute Gasteiger partial charge is 0.353 e. The first-order valence-corrected chi connectivity index (χ1v) is 12.0. The Labute approximate surface area is 206 Å². The third-order valence-electron chi connectivity index (χ3n) is 7.00. The molecule has 0 unspecified atom stereocenters. The van der Waals surface area contributed by atoms with Crippen LogP contribution in [0.4, 0.5) is 0 Å². The highest BCUT2D eigenvalue weighted by molar-refractivity contribution is 6.22. The maximum absolute atomic E-state index is 12.6. The van der Waals surface area contributed by atoms with Gasteiger partial charge in [-0.25, -0.2) is 0 Å². The Morgan fingerprint density at radius 1 is 0.556 bits per heavy atom. The van der Waals surface area contributed by atoms with E-state index in [2.05, 4.69) is 83.1 Å². The summed E-state index contributed by atoms with van der Waals surface area (Å²) in [4.78, 5) is 16.3. The third kappa shape index (κ3) is 3.01. The molecule has 0 bridgehead atoms. The zero-order chi connectivity index (χ0) is 24.1. The van der Waals surface area contributed by atoms with Crippen molar-refractivity contribution < 1.29 is 0 Å². The van der Waals surface area contributed by atoms with Crippen LogP contribution in [0.3, 0.4) is 0 Å². The number of fused-ring (bicyclic) bond motifs is 8. The molecule has 0 saturated heterocycles. The molecule has 7 rings (SSSR count). The standard InChI is InChI=1S/C32H21N3O/c36-34-35-29-20-18-22-11-4-6-13-25(22)31(29)30-24(21-9-2-1-3-10-21)15-8-16-27(30)33-28-19-17-23-12-5-7-14-26(23)32(28)35/h1-20,33H. The number of hydrogen-bond donors (Lipinski definition) is 1. The van der Waals surface area contributed by atoms with Gasteiger partial charge in [-0.2, -0.15) is 4.68 Å². The van der Waals surface area contributed by atoms with Crippen LogP contribution in [0.25, 0.3) is 65.5 Å². The minimum atomic E-state index is 0.746. The van der Waals surface area contributed by atoms with E-state index in [-0.39, 0.29) is 0 Å². The monoisotopic (exact) mass is 463 g/mol. The highest BCUT2D eigenvalue weighted by Crippen LogP contribution is 2.38. The summed E-state index contributed by atoms with van der Waals surface area (Å²) in [6.45, 7) is 0. The molecule has 4 heteroatoms. The van der Waals surface area contributed by atoms with Gasteiger partial charge < -0.3 is 4.98 Å². The summed E-state index contributed by atoms with van der Waals surface area (Å²) in [5.74, 6) is 0. The van der Waals surface area contributed by atoms with Crippen LogP contribution in [0.1, 0.15) is 0 Å². The molecule has 0 aliphatic rings. The molecule has 0 spiro atoms. The lowest BCUT2D eigenvalue weighted by molar-refractivity contribution is 0.950. The maximum Gasteiger partial charge on any atom is 0.0998 e. The SMILES string of the molecule is O=Nn1c2ccc3ccccc3c2c2c(-c3ccccc3)cccc2[nH]c2ccc3ccccc3c21. The van der Waals surface area contributed by atoms with E-state index in [4.69, 9.17) is 0 Å². The number of aromatic amines is 1. The summed E-state index contributed by atoms with van der Waals surface area (Å²) in [5.41, 5.74) is 5.52. The van der Waals surface area contributed by atoms with E-state index >= 15 is 0 Å². The molecule has 6 aromatic carbocycles. The Bertz CT molecular complexity index is 2010. The van der Waals surface area contributed by atoms with Crippen LogP contribution in [0.2, 0.25) is 0 Å². The van der Waals surface area contributed by atoms with E-state index in [0.717, 1.165) is 65.5 Å². The van der Waals surface area contributed by atoms with Crippen LogP contribution in [-0.2, 0) is 0 Å². The lowest BCUT2D eigenvalue weighted by atomic mass is 9.95. The first-order valence-electron chi connectivity index (χ1n) is 12.0. The fraction of sp³-hybridized carbons (Fsp3) is 0. The number of benzene rings is 6. The number of nitroso groups, excluding NO2 is 1. The van der Waals surface area contributed by atoms with Crippen molar-refractivity contribution in [3.05, 3.63) is 126 Å². The number of nitrogens with one attached hydrogen (secondary N) is 1. The lowest BCUT2D eigenvalue weighted by Gasteiger charge is -2.15. The second kappa shape index (κ2) is 8.07. The molecule has 170 valence electrons. The van der Waals surface area contributed by atoms with Gasteiger partial charge in [0.15, 0.2) is 0 Å². The Kier molecular flexibility index (Phi) is 4.57. The smallest absolute Gasteiger partial charge is 0.0998 e. The summed E-state index contributed by atoms with van der Waals surface area (Å²) in [7, 11) is 0. The Morgan fingerprint density at radius 2 is 1.25 bits per heavy atom. The normalized spacial score (nSPS) is 11.4. The van der Waals surface area contributed by atoms with Crippen molar-refractivity contribution in [3.63, 3.8) is 0 Å². The molecule has 1 heterocycles. The average molecular weight is 464 g/mol. The zero-order valence-electron chi connectivity index (χ0n) is 19.3. The lowest BCUT2D eigenvalue weighted by Crippen LogP contribution is -1.97. The van der Waals surface area contributed by atoms with Crippen LogP contribution in [0.5, 0.6) is 0 Å². The van der Waals surface area contributed by atoms with E-state index in [0.29, 0.717) is 0 Å². The average Bonchev–Trinajstić information content (AvgIpc) is 2.93. The van der Waals surface area contributed by atoms with Gasteiger partial charge in [0.25, 0.3) is 0 Å². The van der Waals surface area contributed by atoms with Gasteiger partial charge >= 0.3 is 0 Å². The quantitative estimate of drug-likeness (QED) is 0.256. The van der Waals surface area contributed by atoms with E-state index in [9.17, 15) is 4.91 Å². The molecule has 0 radical (unpaired) electrons. The summed E-state index contributed by atoms with van der Waals surface area (Å²) >= 11 is 0. The summed E-state index contributed by atoms with van der Waals surface area (Å²) in [6, 6.07) is 41.3. The first kappa shape index (κ1) is 20.4. The molecular formula is C32H21N3O. The highest BCUT2D eigenvalue weighted by atomic mass is 16.3. The number of rotatable bonds is 2. The predicted molar refractivity (Wildman–Crippen MR) is 151 cm³/mol. The topological polar surface area (TPSA) is 50.1 Å². The van der Waals surface area contributed by atoms with Gasteiger partial charge in [-0.15, -0.1) is 4.91 Å². The minimum absolute atomic E-state index is 0.746. The van der Waals surface area contributed by atoms with Crippen LogP contribution >= 0.6 is 0 Å². The molecule has 0 fully saturated rings. The van der Waals surface area contributed by atoms with Gasteiger partial charge in [-0.3, -0.25) is 0 Å². The van der Waals surface area contributed by atoms with Crippen molar-refractivity contribution >= 4 is 54.4 Å². The van der Waals surface area contributed by atoms with E-state index in [1.807, 2.05) is 48.5 Å². The zero-order valence-corrected chi connectivity index (χ0v) is 19.3. The van der Waals surface area contributed by atoms with Gasteiger partial charge in [0, 0.05) is 21.7 Å². The number of H-pyrrole nitrogens is 1. The summed E-state index contributed by atoms with van der Waals surface area (Å²) in [6.07, 6.45) is 0. The maximum atomic E-state index is 12.6. The van der Waals surface area contributed by atoms with Crippen molar-refractivity contribution in [2.24, 2.45) is 5.29 Å². The fourth-order valence-corrected chi connectivity index (χ4v) is 5.42. The van der Waals surface area contributed by atoms with Gasteiger partial charge in [0.2, 0.25) is 0 Å². The van der Waals surface area contributed by atoms with Crippen molar-refractivity contribution in [1.82, 2.24) is 9.66 Å². The molecule has 0 aliphatic carbocycles. The van der Waals surface area contributed by atoms with Crippen LogP contribution in [0.15, 0.2) is 127 Å². The number of aromatic nitrogens is 2. The molecule has 7 aromatic rings. The summed E-state index contributed by atoms with van der Waals surface area (Å²) < 4.78 is 1.55. The highest BCUT2D eigenvalue weighted by Gasteiger charge is 2.15.